The number of hydrogen-bond acceptors (Lipinski definition) is 3. The summed E-state index contributed by atoms with van der Waals surface area (Å²) < 4.78 is 5.93. The monoisotopic (exact) mass is 412 g/mol. The Morgan fingerprint density at radius 3 is 2.45 bits per heavy atom. The fourth-order valence-electron chi connectivity index (χ4n) is 4.57. The van der Waals surface area contributed by atoms with Crippen LogP contribution in [0.1, 0.15) is 36.5 Å². The van der Waals surface area contributed by atoms with Crippen LogP contribution in [0, 0.1) is 5.92 Å². The second-order valence-corrected chi connectivity index (χ2v) is 8.62. The van der Waals surface area contributed by atoms with Crippen molar-refractivity contribution in [3.63, 3.8) is 0 Å². The summed E-state index contributed by atoms with van der Waals surface area (Å²) in [5.74, 6) is 0.104. The highest BCUT2D eigenvalue weighted by Gasteiger charge is 2.38. The SMILES string of the molecule is CN(C(=O)[C@@H]1CCO[C@H]1c1ccc(Cl)cc1)C1CCN(Cc2ccccc2)CC1. The van der Waals surface area contributed by atoms with Gasteiger partial charge in [-0.25, -0.2) is 0 Å². The van der Waals surface area contributed by atoms with Gasteiger partial charge in [-0.2, -0.15) is 0 Å². The predicted octanol–water partition coefficient (Wildman–Crippen LogP) is 4.54. The van der Waals surface area contributed by atoms with Gasteiger partial charge in [0.2, 0.25) is 5.91 Å². The molecule has 154 valence electrons. The van der Waals surface area contributed by atoms with Gasteiger partial charge in [-0.15, -0.1) is 0 Å². The molecule has 2 aromatic rings. The summed E-state index contributed by atoms with van der Waals surface area (Å²) >= 11 is 6.01. The second kappa shape index (κ2) is 9.29. The van der Waals surface area contributed by atoms with Crippen molar-refractivity contribution >= 4 is 17.5 Å². The second-order valence-electron chi connectivity index (χ2n) is 8.18. The van der Waals surface area contributed by atoms with Gasteiger partial charge < -0.3 is 9.64 Å². The van der Waals surface area contributed by atoms with Crippen molar-refractivity contribution in [1.29, 1.82) is 0 Å². The Hall–Kier alpha value is -1.88. The van der Waals surface area contributed by atoms with Crippen molar-refractivity contribution in [3.05, 3.63) is 70.7 Å². The van der Waals surface area contributed by atoms with Gasteiger partial charge in [0.25, 0.3) is 0 Å². The third-order valence-corrected chi connectivity index (χ3v) is 6.56. The van der Waals surface area contributed by atoms with Crippen LogP contribution < -0.4 is 0 Å². The minimum Gasteiger partial charge on any atom is -0.373 e. The Balaban J connectivity index is 1.34. The topological polar surface area (TPSA) is 32.8 Å². The number of halogens is 1. The van der Waals surface area contributed by atoms with Crippen LogP contribution in [-0.2, 0) is 16.1 Å². The Kier molecular flexibility index (Phi) is 6.53. The molecule has 0 aromatic heterocycles. The first kappa shape index (κ1) is 20.4. The molecule has 1 amide bonds. The maximum absolute atomic E-state index is 13.3. The van der Waals surface area contributed by atoms with Crippen molar-refractivity contribution in [2.45, 2.75) is 38.0 Å². The standard InChI is InChI=1S/C24H29ClN2O2/c1-26(21-11-14-27(15-12-21)17-18-5-3-2-4-6-18)24(28)22-13-16-29-23(22)19-7-9-20(25)10-8-19/h2-10,21-23H,11-17H2,1H3/t22-,23+/m1/s1. The fourth-order valence-corrected chi connectivity index (χ4v) is 4.70. The minimum absolute atomic E-state index is 0.108. The Labute approximate surface area is 178 Å². The van der Waals surface area contributed by atoms with Gasteiger partial charge in [0, 0.05) is 44.4 Å². The van der Waals surface area contributed by atoms with Crippen LogP contribution in [0.3, 0.4) is 0 Å². The number of amides is 1. The van der Waals surface area contributed by atoms with Crippen LogP contribution in [0.5, 0.6) is 0 Å². The summed E-state index contributed by atoms with van der Waals surface area (Å²) in [7, 11) is 1.97. The van der Waals surface area contributed by atoms with Gasteiger partial charge in [-0.1, -0.05) is 54.1 Å². The highest BCUT2D eigenvalue weighted by molar-refractivity contribution is 6.30. The van der Waals surface area contributed by atoms with Crippen molar-refractivity contribution in [1.82, 2.24) is 9.80 Å². The largest absolute Gasteiger partial charge is 0.373 e. The number of carbonyl (C=O) groups is 1. The normalized spacial score (nSPS) is 23.2. The average molecular weight is 413 g/mol. The molecule has 5 heteroatoms. The third kappa shape index (κ3) is 4.82. The lowest BCUT2D eigenvalue weighted by Crippen LogP contribution is -2.47. The van der Waals surface area contributed by atoms with Gasteiger partial charge in [0.15, 0.2) is 0 Å². The zero-order valence-electron chi connectivity index (χ0n) is 17.0. The lowest BCUT2D eigenvalue weighted by Gasteiger charge is -2.38. The van der Waals surface area contributed by atoms with Crippen molar-refractivity contribution < 1.29 is 9.53 Å². The Morgan fingerprint density at radius 2 is 1.76 bits per heavy atom. The molecule has 2 aliphatic heterocycles. The fraction of sp³-hybridized carbons (Fsp3) is 0.458. The molecule has 2 aromatic carbocycles. The van der Waals surface area contributed by atoms with E-state index in [1.165, 1.54) is 5.56 Å². The first-order valence-electron chi connectivity index (χ1n) is 10.5. The van der Waals surface area contributed by atoms with Crippen molar-refractivity contribution in [2.75, 3.05) is 26.7 Å². The van der Waals surface area contributed by atoms with Crippen molar-refractivity contribution in [3.8, 4) is 0 Å². The molecule has 2 fully saturated rings. The maximum atomic E-state index is 13.3. The summed E-state index contributed by atoms with van der Waals surface area (Å²) in [5, 5.41) is 0.703. The Morgan fingerprint density at radius 1 is 1.07 bits per heavy atom. The van der Waals surface area contributed by atoms with E-state index in [1.807, 2.05) is 36.2 Å². The smallest absolute Gasteiger partial charge is 0.228 e. The highest BCUT2D eigenvalue weighted by Crippen LogP contribution is 2.36. The molecule has 2 atom stereocenters. The molecule has 29 heavy (non-hydrogen) atoms. The number of benzene rings is 2. The number of carbonyl (C=O) groups excluding carboxylic acids is 1. The van der Waals surface area contributed by atoms with E-state index in [2.05, 4.69) is 35.2 Å². The number of piperidine rings is 1. The third-order valence-electron chi connectivity index (χ3n) is 6.31. The molecular formula is C24H29ClN2O2. The molecule has 2 heterocycles. The first-order chi connectivity index (χ1) is 14.1. The van der Waals surface area contributed by atoms with E-state index in [-0.39, 0.29) is 17.9 Å². The zero-order chi connectivity index (χ0) is 20.2. The molecule has 0 bridgehead atoms. The van der Waals surface area contributed by atoms with Crippen LogP contribution >= 0.6 is 11.6 Å². The van der Waals surface area contributed by atoms with E-state index in [0.29, 0.717) is 17.7 Å². The minimum atomic E-state index is -0.166. The van der Waals surface area contributed by atoms with Crippen LogP contribution in [0.4, 0.5) is 0 Å². The van der Waals surface area contributed by atoms with E-state index >= 15 is 0 Å². The van der Waals surface area contributed by atoms with E-state index in [1.54, 1.807) is 0 Å². The summed E-state index contributed by atoms with van der Waals surface area (Å²) in [5.41, 5.74) is 2.39. The summed E-state index contributed by atoms with van der Waals surface area (Å²) in [6.45, 7) is 3.67. The van der Waals surface area contributed by atoms with Gasteiger partial charge in [0.1, 0.15) is 0 Å². The molecule has 0 saturated carbocycles. The molecule has 2 saturated heterocycles. The van der Waals surface area contributed by atoms with Gasteiger partial charge in [-0.3, -0.25) is 9.69 Å². The van der Waals surface area contributed by atoms with Crippen LogP contribution in [-0.4, -0.2) is 48.5 Å². The summed E-state index contributed by atoms with van der Waals surface area (Å²) in [6, 6.07) is 18.6. The Bertz CT molecular complexity index is 803. The van der Waals surface area contributed by atoms with Crippen LogP contribution in [0.15, 0.2) is 54.6 Å². The van der Waals surface area contributed by atoms with E-state index in [4.69, 9.17) is 16.3 Å². The number of nitrogens with zero attached hydrogens (tertiary/aromatic N) is 2. The van der Waals surface area contributed by atoms with Crippen LogP contribution in [0.2, 0.25) is 5.02 Å². The zero-order valence-corrected chi connectivity index (χ0v) is 17.7. The molecule has 0 unspecified atom stereocenters. The first-order valence-corrected chi connectivity index (χ1v) is 10.9. The van der Waals surface area contributed by atoms with E-state index in [0.717, 1.165) is 44.5 Å². The van der Waals surface area contributed by atoms with Crippen molar-refractivity contribution in [2.24, 2.45) is 5.92 Å². The number of ether oxygens (including phenoxy) is 1. The quantitative estimate of drug-likeness (QED) is 0.722. The predicted molar refractivity (Wildman–Crippen MR) is 116 cm³/mol. The molecule has 0 aliphatic carbocycles. The van der Waals surface area contributed by atoms with E-state index in [9.17, 15) is 4.79 Å². The number of hydrogen-bond donors (Lipinski definition) is 0. The molecule has 0 radical (unpaired) electrons. The van der Waals surface area contributed by atoms with Crippen LogP contribution in [0.25, 0.3) is 0 Å². The maximum Gasteiger partial charge on any atom is 0.228 e. The molecule has 2 aliphatic rings. The summed E-state index contributed by atoms with van der Waals surface area (Å²) in [4.78, 5) is 17.7. The molecule has 4 rings (SSSR count). The molecule has 0 spiro atoms. The lowest BCUT2D eigenvalue weighted by molar-refractivity contribution is -0.139. The molecular weight excluding hydrogens is 384 g/mol. The van der Waals surface area contributed by atoms with E-state index < -0.39 is 0 Å². The molecule has 4 nitrogen and oxygen atoms in total. The highest BCUT2D eigenvalue weighted by atomic mass is 35.5. The van der Waals surface area contributed by atoms with Gasteiger partial charge in [0.05, 0.1) is 12.0 Å². The van der Waals surface area contributed by atoms with Gasteiger partial charge >= 0.3 is 0 Å². The number of likely N-dealkylation sites (tertiary alicyclic amines) is 1. The van der Waals surface area contributed by atoms with Gasteiger partial charge in [-0.05, 0) is 42.5 Å². The average Bonchev–Trinajstić information content (AvgIpc) is 3.24. The lowest BCUT2D eigenvalue weighted by atomic mass is 9.92. The summed E-state index contributed by atoms with van der Waals surface area (Å²) in [6.07, 6.45) is 2.66. The molecule has 0 N–H and O–H groups in total. The number of rotatable bonds is 5.